The summed E-state index contributed by atoms with van der Waals surface area (Å²) in [6.45, 7) is 3.12. The molecule has 0 amide bonds. The number of nitrogens with zero attached hydrogens (tertiary/aromatic N) is 1. The second kappa shape index (κ2) is 5.89. The maximum Gasteiger partial charge on any atom is 0.243 e. The van der Waals surface area contributed by atoms with Crippen molar-refractivity contribution in [2.45, 2.75) is 4.90 Å². The number of rotatable bonds is 3. The van der Waals surface area contributed by atoms with Crippen molar-refractivity contribution in [3.63, 3.8) is 0 Å². The highest BCUT2D eigenvalue weighted by molar-refractivity contribution is 7.89. The molecule has 7 heteroatoms. The summed E-state index contributed by atoms with van der Waals surface area (Å²) in [5.74, 6) is 1.60. The average Bonchev–Trinajstić information content (AvgIpc) is 2.99. The molecule has 1 aromatic rings. The van der Waals surface area contributed by atoms with Gasteiger partial charge in [-0.25, -0.2) is 8.42 Å². The lowest BCUT2D eigenvalue weighted by Gasteiger charge is -2.17. The van der Waals surface area contributed by atoms with Crippen molar-refractivity contribution in [1.82, 2.24) is 9.62 Å². The molecule has 2 atom stereocenters. The van der Waals surface area contributed by atoms with Gasteiger partial charge in [0.05, 0.1) is 12.0 Å². The van der Waals surface area contributed by atoms with Crippen molar-refractivity contribution < 1.29 is 13.2 Å². The number of ether oxygens (including phenoxy) is 1. The fourth-order valence-electron chi connectivity index (χ4n) is 2.91. The largest absolute Gasteiger partial charge is 0.497 e. The molecule has 2 heterocycles. The molecule has 0 spiro atoms. The van der Waals surface area contributed by atoms with Crippen molar-refractivity contribution in [2.24, 2.45) is 11.8 Å². The van der Waals surface area contributed by atoms with Crippen LogP contribution in [0.1, 0.15) is 0 Å². The summed E-state index contributed by atoms with van der Waals surface area (Å²) in [5, 5.41) is 3.31. The van der Waals surface area contributed by atoms with Crippen molar-refractivity contribution in [2.75, 3.05) is 33.3 Å². The lowest BCUT2D eigenvalue weighted by molar-refractivity contribution is 0.414. The maximum atomic E-state index is 12.5. The lowest BCUT2D eigenvalue weighted by Crippen LogP contribution is -2.31. The van der Waals surface area contributed by atoms with E-state index in [4.69, 9.17) is 4.74 Å². The molecular formula is C13H19ClN2O3S. The monoisotopic (exact) mass is 318 g/mol. The minimum atomic E-state index is -3.36. The summed E-state index contributed by atoms with van der Waals surface area (Å²) in [6.07, 6.45) is 0. The third kappa shape index (κ3) is 2.65. The molecule has 0 unspecified atom stereocenters. The van der Waals surface area contributed by atoms with Gasteiger partial charge in [-0.05, 0) is 49.2 Å². The summed E-state index contributed by atoms with van der Waals surface area (Å²) in [6, 6.07) is 6.59. The highest BCUT2D eigenvalue weighted by Crippen LogP contribution is 2.31. The second-order valence-corrected chi connectivity index (χ2v) is 7.11. The molecule has 20 heavy (non-hydrogen) atoms. The Morgan fingerprint density at radius 2 is 1.70 bits per heavy atom. The molecule has 2 fully saturated rings. The first-order valence-electron chi connectivity index (χ1n) is 6.46. The third-order valence-corrected chi connectivity index (χ3v) is 5.90. The molecule has 0 saturated carbocycles. The molecule has 112 valence electrons. The van der Waals surface area contributed by atoms with E-state index in [0.717, 1.165) is 13.1 Å². The molecule has 0 bridgehead atoms. The molecule has 2 saturated heterocycles. The summed E-state index contributed by atoms with van der Waals surface area (Å²) in [7, 11) is -1.79. The highest BCUT2D eigenvalue weighted by atomic mass is 35.5. The van der Waals surface area contributed by atoms with Gasteiger partial charge in [-0.1, -0.05) is 0 Å². The number of benzene rings is 1. The highest BCUT2D eigenvalue weighted by Gasteiger charge is 2.41. The molecule has 0 aliphatic carbocycles. The van der Waals surface area contributed by atoms with E-state index >= 15 is 0 Å². The number of nitrogens with one attached hydrogen (secondary N) is 1. The first-order chi connectivity index (χ1) is 9.11. The van der Waals surface area contributed by atoms with Gasteiger partial charge in [-0.3, -0.25) is 0 Å². The molecule has 0 radical (unpaired) electrons. The Balaban J connectivity index is 0.00000147. The second-order valence-electron chi connectivity index (χ2n) is 5.18. The molecule has 1 aromatic carbocycles. The van der Waals surface area contributed by atoms with Gasteiger partial charge < -0.3 is 10.1 Å². The smallest absolute Gasteiger partial charge is 0.243 e. The minimum absolute atomic E-state index is 0. The van der Waals surface area contributed by atoms with Crippen LogP contribution in [0.2, 0.25) is 0 Å². The van der Waals surface area contributed by atoms with Gasteiger partial charge in [0.1, 0.15) is 5.75 Å². The van der Waals surface area contributed by atoms with Gasteiger partial charge in [0.15, 0.2) is 0 Å². The predicted molar refractivity (Wildman–Crippen MR) is 78.9 cm³/mol. The van der Waals surface area contributed by atoms with Crippen LogP contribution in [0.3, 0.4) is 0 Å². The van der Waals surface area contributed by atoms with Crippen LogP contribution in [0.5, 0.6) is 5.75 Å². The summed E-state index contributed by atoms with van der Waals surface area (Å²) in [5.41, 5.74) is 0. The molecule has 2 aliphatic rings. The Morgan fingerprint density at radius 3 is 2.20 bits per heavy atom. The third-order valence-electron chi connectivity index (χ3n) is 4.05. The van der Waals surface area contributed by atoms with Crippen molar-refractivity contribution in [3.8, 4) is 5.75 Å². The topological polar surface area (TPSA) is 58.6 Å². The van der Waals surface area contributed by atoms with Gasteiger partial charge >= 0.3 is 0 Å². The molecule has 1 N–H and O–H groups in total. The van der Waals surface area contributed by atoms with Gasteiger partial charge in [-0.15, -0.1) is 12.4 Å². The zero-order chi connectivity index (χ0) is 13.5. The average molecular weight is 319 g/mol. The molecule has 2 aliphatic heterocycles. The first-order valence-corrected chi connectivity index (χ1v) is 7.90. The number of methoxy groups -OCH3 is 1. The quantitative estimate of drug-likeness (QED) is 0.902. The Morgan fingerprint density at radius 1 is 1.15 bits per heavy atom. The standard InChI is InChI=1S/C13H18N2O3S.ClH/c1-18-12-2-4-13(5-3-12)19(16,17)15-8-10-6-14-7-11(10)9-15;/h2-5,10-11,14H,6-9H2,1H3;1H/t10-,11+;. The van der Waals surface area contributed by atoms with Crippen LogP contribution in [0, 0.1) is 11.8 Å². The van der Waals surface area contributed by atoms with Crippen LogP contribution in [-0.4, -0.2) is 46.0 Å². The van der Waals surface area contributed by atoms with E-state index in [1.54, 1.807) is 35.7 Å². The Bertz CT molecular complexity index is 549. The van der Waals surface area contributed by atoms with Gasteiger partial charge in [0, 0.05) is 13.1 Å². The Hall–Kier alpha value is -0.820. The van der Waals surface area contributed by atoms with Crippen molar-refractivity contribution in [1.29, 1.82) is 0 Å². The lowest BCUT2D eigenvalue weighted by atomic mass is 10.0. The van der Waals surface area contributed by atoms with Gasteiger partial charge in [0.25, 0.3) is 0 Å². The van der Waals surface area contributed by atoms with E-state index in [2.05, 4.69) is 5.32 Å². The first kappa shape index (κ1) is 15.6. The van der Waals surface area contributed by atoms with Crippen molar-refractivity contribution in [3.05, 3.63) is 24.3 Å². The van der Waals surface area contributed by atoms with Crippen LogP contribution in [0.15, 0.2) is 29.2 Å². The minimum Gasteiger partial charge on any atom is -0.497 e. The fourth-order valence-corrected chi connectivity index (χ4v) is 4.46. The van der Waals surface area contributed by atoms with E-state index in [9.17, 15) is 8.42 Å². The number of halogens is 1. The zero-order valence-corrected chi connectivity index (χ0v) is 12.9. The Labute approximate surface area is 125 Å². The SMILES string of the molecule is COc1ccc(S(=O)(=O)N2C[C@H]3CNC[C@H]3C2)cc1.Cl. The molecule has 3 rings (SSSR count). The van der Waals surface area contributed by atoms with Crippen LogP contribution in [0.25, 0.3) is 0 Å². The van der Waals surface area contributed by atoms with Crippen LogP contribution >= 0.6 is 12.4 Å². The zero-order valence-electron chi connectivity index (χ0n) is 11.3. The van der Waals surface area contributed by atoms with E-state index in [-0.39, 0.29) is 12.4 Å². The van der Waals surface area contributed by atoms with Gasteiger partial charge in [0.2, 0.25) is 10.0 Å². The number of hydrogen-bond donors (Lipinski definition) is 1. The fraction of sp³-hybridized carbons (Fsp3) is 0.538. The van der Waals surface area contributed by atoms with E-state index in [1.807, 2.05) is 0 Å². The van der Waals surface area contributed by atoms with E-state index < -0.39 is 10.0 Å². The predicted octanol–water partition coefficient (Wildman–Crippen LogP) is 0.957. The van der Waals surface area contributed by atoms with Crippen LogP contribution < -0.4 is 10.1 Å². The number of fused-ring (bicyclic) bond motifs is 1. The summed E-state index contributed by atoms with van der Waals surface area (Å²) < 4.78 is 31.7. The number of hydrogen-bond acceptors (Lipinski definition) is 4. The Kier molecular flexibility index (Phi) is 4.59. The summed E-state index contributed by atoms with van der Waals surface area (Å²) >= 11 is 0. The van der Waals surface area contributed by atoms with Gasteiger partial charge in [-0.2, -0.15) is 4.31 Å². The molecule has 5 nitrogen and oxygen atoms in total. The van der Waals surface area contributed by atoms with Crippen LogP contribution in [-0.2, 0) is 10.0 Å². The van der Waals surface area contributed by atoms with E-state index in [0.29, 0.717) is 35.6 Å². The van der Waals surface area contributed by atoms with Crippen LogP contribution in [0.4, 0.5) is 0 Å². The number of sulfonamides is 1. The van der Waals surface area contributed by atoms with Crippen molar-refractivity contribution >= 4 is 22.4 Å². The normalized spacial score (nSPS) is 26.1. The van der Waals surface area contributed by atoms with E-state index in [1.165, 1.54) is 0 Å². The summed E-state index contributed by atoms with van der Waals surface area (Å²) in [4.78, 5) is 0.348. The molecular weight excluding hydrogens is 300 g/mol. The maximum absolute atomic E-state index is 12.5. The molecule has 0 aromatic heterocycles.